The molecule has 2 unspecified atom stereocenters. The van der Waals surface area contributed by atoms with Gasteiger partial charge in [-0.1, -0.05) is 31.5 Å². The molecule has 1 saturated heterocycles. The number of rotatable bonds is 6. The van der Waals surface area contributed by atoms with Crippen LogP contribution in [0.2, 0.25) is 0 Å². The maximum Gasteiger partial charge on any atom is 0.410 e. The zero-order valence-electron chi connectivity index (χ0n) is 22.0. The van der Waals surface area contributed by atoms with E-state index in [-0.39, 0.29) is 17.4 Å². The maximum atomic E-state index is 14.1. The summed E-state index contributed by atoms with van der Waals surface area (Å²) in [6.07, 6.45) is 1.32. The molecule has 2 aromatic rings. The minimum absolute atomic E-state index is 0.119. The van der Waals surface area contributed by atoms with Crippen LogP contribution in [0.15, 0.2) is 53.4 Å². The number of piperidine rings is 1. The lowest BCUT2D eigenvalue weighted by Crippen LogP contribution is -2.56. The minimum Gasteiger partial charge on any atom is -0.444 e. The third-order valence-electron chi connectivity index (χ3n) is 7.46. The summed E-state index contributed by atoms with van der Waals surface area (Å²) in [6.45, 7) is 8.32. The molecule has 0 bridgehead atoms. The number of benzene rings is 2. The molecule has 0 aromatic heterocycles. The van der Waals surface area contributed by atoms with Crippen LogP contribution in [0.25, 0.3) is 0 Å². The van der Waals surface area contributed by atoms with Crippen molar-refractivity contribution in [2.75, 3.05) is 17.4 Å². The molecule has 2 aliphatic rings. The summed E-state index contributed by atoms with van der Waals surface area (Å²) < 4.78 is 48.7. The van der Waals surface area contributed by atoms with Crippen molar-refractivity contribution in [2.45, 2.75) is 82.4 Å². The van der Waals surface area contributed by atoms with Gasteiger partial charge in [0.05, 0.1) is 22.7 Å². The monoisotopic (exact) mass is 532 g/mol. The first kappa shape index (κ1) is 27.4. The number of amides is 1. The second-order valence-electron chi connectivity index (χ2n) is 11.2. The molecule has 9 heteroatoms. The van der Waals surface area contributed by atoms with Gasteiger partial charge in [0.1, 0.15) is 11.4 Å². The van der Waals surface area contributed by atoms with E-state index in [4.69, 9.17) is 4.74 Å². The Bertz CT molecular complexity index is 1220. The Labute approximate surface area is 219 Å². The molecule has 0 spiro atoms. The van der Waals surface area contributed by atoms with Gasteiger partial charge in [0, 0.05) is 18.5 Å². The Kier molecular flexibility index (Phi) is 7.59. The number of carbonyl (C=O) groups excluding carboxylic acids is 1. The van der Waals surface area contributed by atoms with Gasteiger partial charge in [-0.05, 0) is 82.3 Å². The van der Waals surface area contributed by atoms with Crippen molar-refractivity contribution in [3.63, 3.8) is 0 Å². The van der Waals surface area contributed by atoms with Gasteiger partial charge in [0.15, 0.2) is 0 Å². The number of halogens is 1. The molecule has 4 rings (SSSR count). The summed E-state index contributed by atoms with van der Waals surface area (Å²) in [7, 11) is -4.02. The number of likely N-dealkylation sites (tertiary alicyclic amines) is 1. The first-order valence-corrected chi connectivity index (χ1v) is 14.4. The first-order chi connectivity index (χ1) is 17.4. The van der Waals surface area contributed by atoms with Crippen LogP contribution in [0.3, 0.4) is 0 Å². The molecule has 0 aliphatic carbocycles. The summed E-state index contributed by atoms with van der Waals surface area (Å²) in [5.41, 5.74) is -0.247. The number of aliphatic hydroxyl groups excluding tert-OH is 1. The summed E-state index contributed by atoms with van der Waals surface area (Å²) >= 11 is 0. The second-order valence-corrected chi connectivity index (χ2v) is 13.0. The molecule has 0 radical (unpaired) electrons. The fraction of sp³-hybridized carbons (Fsp3) is 0.536. The van der Waals surface area contributed by atoms with Crippen molar-refractivity contribution in [2.24, 2.45) is 5.41 Å². The molecule has 2 aliphatic heterocycles. The summed E-state index contributed by atoms with van der Waals surface area (Å²) in [5.74, 6) is -0.445. The number of aliphatic hydroxyl groups is 1. The predicted octanol–water partition coefficient (Wildman–Crippen LogP) is 5.12. The number of carbonyl (C=O) groups is 1. The predicted molar refractivity (Wildman–Crippen MR) is 140 cm³/mol. The highest BCUT2D eigenvalue weighted by atomic mass is 32.2. The summed E-state index contributed by atoms with van der Waals surface area (Å²) in [5, 5.41) is 12.0. The number of hydrogen-bond acceptors (Lipinski definition) is 5. The molecule has 1 amide bonds. The fourth-order valence-electron chi connectivity index (χ4n) is 5.73. The molecule has 0 saturated carbocycles. The summed E-state index contributed by atoms with van der Waals surface area (Å²) in [4.78, 5) is 14.4. The highest BCUT2D eigenvalue weighted by Crippen LogP contribution is 2.47. The lowest BCUT2D eigenvalue weighted by molar-refractivity contribution is -0.0468. The van der Waals surface area contributed by atoms with E-state index in [1.54, 1.807) is 23.1 Å². The van der Waals surface area contributed by atoms with Gasteiger partial charge in [0.2, 0.25) is 0 Å². The Morgan fingerprint density at radius 2 is 1.81 bits per heavy atom. The number of fused-ring (bicyclic) bond motifs is 1. The molecule has 1 N–H and O–H groups in total. The lowest BCUT2D eigenvalue weighted by Gasteiger charge is -2.47. The van der Waals surface area contributed by atoms with Crippen molar-refractivity contribution < 1.29 is 27.4 Å². The molecular weight excluding hydrogens is 495 g/mol. The number of anilines is 1. The van der Waals surface area contributed by atoms with Crippen LogP contribution in [0.1, 0.15) is 58.9 Å². The normalized spacial score (nSPS) is 20.4. The minimum atomic E-state index is -4.02. The second kappa shape index (κ2) is 10.3. The van der Waals surface area contributed by atoms with Gasteiger partial charge in [0.25, 0.3) is 10.0 Å². The molecule has 1 fully saturated rings. The van der Waals surface area contributed by atoms with Crippen molar-refractivity contribution in [1.82, 2.24) is 4.90 Å². The van der Waals surface area contributed by atoms with Crippen LogP contribution >= 0.6 is 0 Å². The van der Waals surface area contributed by atoms with Crippen LogP contribution in [-0.2, 0) is 21.2 Å². The topological polar surface area (TPSA) is 87.2 Å². The Morgan fingerprint density at radius 3 is 2.41 bits per heavy atom. The largest absolute Gasteiger partial charge is 0.444 e. The van der Waals surface area contributed by atoms with E-state index >= 15 is 0 Å². The average Bonchev–Trinajstić information content (AvgIpc) is 3.23. The van der Waals surface area contributed by atoms with Crippen LogP contribution < -0.4 is 4.31 Å². The molecule has 2 heterocycles. The Morgan fingerprint density at radius 1 is 1.16 bits per heavy atom. The standard InChI is InChI=1S/C28H37FN2O5S/c1-5-13-28(14-16-30(17-15-28)26(33)36-27(2,3)4)25(32)24-19-20-18-21(29)11-12-23(20)31(24)37(34,35)22-9-7-6-8-10-22/h6-12,18,24-25,32H,5,13-17,19H2,1-4H3. The van der Waals surface area contributed by atoms with Gasteiger partial charge in [-0.15, -0.1) is 0 Å². The molecule has 37 heavy (non-hydrogen) atoms. The van der Waals surface area contributed by atoms with E-state index in [1.807, 2.05) is 27.7 Å². The highest BCUT2D eigenvalue weighted by Gasteiger charge is 2.51. The average molecular weight is 533 g/mol. The van der Waals surface area contributed by atoms with Gasteiger partial charge in [-0.3, -0.25) is 4.31 Å². The Balaban J connectivity index is 1.66. The number of ether oxygens (including phenoxy) is 1. The maximum absolute atomic E-state index is 14.1. The SMILES string of the molecule is CCCC1(C(O)C2Cc3cc(F)ccc3N2S(=O)(=O)c2ccccc2)CCN(C(=O)OC(C)(C)C)CC1. The van der Waals surface area contributed by atoms with E-state index in [2.05, 4.69) is 0 Å². The smallest absolute Gasteiger partial charge is 0.410 e. The number of sulfonamides is 1. The number of hydrogen-bond donors (Lipinski definition) is 1. The Hall–Kier alpha value is -2.65. The molecule has 202 valence electrons. The molecule has 2 aromatic carbocycles. The van der Waals surface area contributed by atoms with Crippen LogP contribution in [-0.4, -0.2) is 55.4 Å². The van der Waals surface area contributed by atoms with Gasteiger partial charge < -0.3 is 14.7 Å². The van der Waals surface area contributed by atoms with Gasteiger partial charge >= 0.3 is 6.09 Å². The van der Waals surface area contributed by atoms with Crippen LogP contribution in [0, 0.1) is 11.2 Å². The third-order valence-corrected chi connectivity index (χ3v) is 9.31. The molecule has 2 atom stereocenters. The van der Waals surface area contributed by atoms with Crippen molar-refractivity contribution >= 4 is 21.8 Å². The number of nitrogens with zero attached hydrogens (tertiary/aromatic N) is 2. The van der Waals surface area contributed by atoms with Crippen molar-refractivity contribution in [3.05, 3.63) is 59.9 Å². The van der Waals surface area contributed by atoms with Crippen molar-refractivity contribution in [1.29, 1.82) is 0 Å². The van der Waals surface area contributed by atoms with E-state index in [0.717, 1.165) is 6.42 Å². The van der Waals surface area contributed by atoms with Crippen molar-refractivity contribution in [3.8, 4) is 0 Å². The zero-order valence-corrected chi connectivity index (χ0v) is 22.8. The van der Waals surface area contributed by atoms with E-state index in [0.29, 0.717) is 43.6 Å². The fourth-order valence-corrected chi connectivity index (χ4v) is 7.45. The van der Waals surface area contributed by atoms with Gasteiger partial charge in [-0.25, -0.2) is 17.6 Å². The van der Waals surface area contributed by atoms with Gasteiger partial charge in [-0.2, -0.15) is 0 Å². The quantitative estimate of drug-likeness (QED) is 0.558. The van der Waals surface area contributed by atoms with E-state index in [1.165, 1.54) is 34.6 Å². The molecule has 7 nitrogen and oxygen atoms in total. The van der Waals surface area contributed by atoms with Crippen LogP contribution in [0.5, 0.6) is 0 Å². The zero-order chi connectivity index (χ0) is 27.0. The lowest BCUT2D eigenvalue weighted by atomic mass is 9.68. The first-order valence-electron chi connectivity index (χ1n) is 12.9. The summed E-state index contributed by atoms with van der Waals surface area (Å²) in [6, 6.07) is 11.4. The van der Waals surface area contributed by atoms with E-state index < -0.39 is 39.0 Å². The van der Waals surface area contributed by atoms with E-state index in [9.17, 15) is 22.7 Å². The molecular formula is C28H37FN2O5S. The van der Waals surface area contributed by atoms with Crippen LogP contribution in [0.4, 0.5) is 14.9 Å². The third kappa shape index (κ3) is 5.48. The highest BCUT2D eigenvalue weighted by molar-refractivity contribution is 7.92.